The Balaban J connectivity index is 2.15. The van der Waals surface area contributed by atoms with E-state index in [-0.39, 0.29) is 5.82 Å². The lowest BCUT2D eigenvalue weighted by atomic mass is 10.2. The molecule has 21 heavy (non-hydrogen) atoms. The van der Waals surface area contributed by atoms with Crippen LogP contribution in [-0.4, -0.2) is 23.6 Å². The number of hydrogen-bond donors (Lipinski definition) is 1. The van der Waals surface area contributed by atoms with Crippen molar-refractivity contribution in [1.29, 1.82) is 0 Å². The minimum atomic E-state index is -0.242. The lowest BCUT2D eigenvalue weighted by molar-refractivity contribution is 0.628. The second kappa shape index (κ2) is 5.65. The minimum Gasteiger partial charge on any atom is -0.357 e. The van der Waals surface area contributed by atoms with Crippen LogP contribution in [0, 0.1) is 5.82 Å². The first-order chi connectivity index (χ1) is 10.2. The number of rotatable bonds is 4. The molecule has 2 aromatic heterocycles. The van der Waals surface area contributed by atoms with E-state index in [0.29, 0.717) is 5.95 Å². The third-order valence-electron chi connectivity index (χ3n) is 3.24. The highest BCUT2D eigenvalue weighted by atomic mass is 32.1. The molecule has 0 saturated heterocycles. The number of nitrogens with one attached hydrogen (secondary N) is 1. The summed E-state index contributed by atoms with van der Waals surface area (Å²) in [6, 6.07) is 8.46. The summed E-state index contributed by atoms with van der Waals surface area (Å²) in [5, 5.41) is 5.99. The summed E-state index contributed by atoms with van der Waals surface area (Å²) in [7, 11) is 1.80. The van der Waals surface area contributed by atoms with Gasteiger partial charge in [-0.05, 0) is 42.6 Å². The lowest BCUT2D eigenvalue weighted by Gasteiger charge is -2.23. The van der Waals surface area contributed by atoms with Crippen molar-refractivity contribution in [3.8, 4) is 0 Å². The van der Waals surface area contributed by atoms with Gasteiger partial charge >= 0.3 is 0 Å². The maximum absolute atomic E-state index is 13.1. The fraction of sp³-hybridized carbons (Fsp3) is 0.200. The van der Waals surface area contributed by atoms with E-state index in [9.17, 15) is 4.39 Å². The molecule has 4 nitrogen and oxygen atoms in total. The predicted octanol–water partition coefficient (Wildman–Crippen LogP) is 4.03. The standard InChI is InChI=1S/C15H15FN4S/c1-3-20(11-6-4-10(16)5-7-11)13-12-8-9-21-14(12)19-15(17-2)18-13/h4-9H,3H2,1-2H3,(H,17,18,19). The molecule has 1 aromatic carbocycles. The van der Waals surface area contributed by atoms with Crippen LogP contribution in [0.15, 0.2) is 35.7 Å². The first-order valence-electron chi connectivity index (χ1n) is 6.69. The molecule has 1 N–H and O–H groups in total. The molecule has 0 amide bonds. The molecule has 0 fully saturated rings. The summed E-state index contributed by atoms with van der Waals surface area (Å²) < 4.78 is 13.1. The van der Waals surface area contributed by atoms with Gasteiger partial charge in [0.05, 0.1) is 5.39 Å². The summed E-state index contributed by atoms with van der Waals surface area (Å²) in [6.07, 6.45) is 0. The van der Waals surface area contributed by atoms with Crippen molar-refractivity contribution in [2.45, 2.75) is 6.92 Å². The molecule has 0 bridgehead atoms. The van der Waals surface area contributed by atoms with Crippen molar-refractivity contribution in [3.63, 3.8) is 0 Å². The molecule has 108 valence electrons. The van der Waals surface area contributed by atoms with Crippen LogP contribution in [0.5, 0.6) is 0 Å². The normalized spacial score (nSPS) is 10.8. The fourth-order valence-electron chi connectivity index (χ4n) is 2.23. The zero-order valence-electron chi connectivity index (χ0n) is 11.8. The number of thiophene rings is 1. The van der Waals surface area contributed by atoms with Gasteiger partial charge in [0.25, 0.3) is 0 Å². The highest BCUT2D eigenvalue weighted by Gasteiger charge is 2.15. The van der Waals surface area contributed by atoms with Crippen molar-refractivity contribution >= 4 is 39.0 Å². The second-order valence-electron chi connectivity index (χ2n) is 4.48. The molecular weight excluding hydrogens is 287 g/mol. The van der Waals surface area contributed by atoms with Crippen LogP contribution in [0.2, 0.25) is 0 Å². The van der Waals surface area contributed by atoms with Crippen LogP contribution in [-0.2, 0) is 0 Å². The molecule has 0 radical (unpaired) electrons. The van der Waals surface area contributed by atoms with E-state index in [1.54, 1.807) is 30.5 Å². The Hall–Kier alpha value is -2.21. The molecule has 3 rings (SSSR count). The fourth-order valence-corrected chi connectivity index (χ4v) is 2.99. The Bertz CT molecular complexity index is 754. The van der Waals surface area contributed by atoms with Crippen molar-refractivity contribution in [3.05, 3.63) is 41.5 Å². The minimum absolute atomic E-state index is 0.242. The van der Waals surface area contributed by atoms with E-state index in [1.807, 2.05) is 18.4 Å². The predicted molar refractivity (Wildman–Crippen MR) is 86.0 cm³/mol. The number of halogens is 1. The van der Waals surface area contributed by atoms with Crippen LogP contribution in [0.3, 0.4) is 0 Å². The summed E-state index contributed by atoms with van der Waals surface area (Å²) >= 11 is 1.58. The van der Waals surface area contributed by atoms with Gasteiger partial charge in [-0.2, -0.15) is 4.98 Å². The van der Waals surface area contributed by atoms with Gasteiger partial charge in [0.1, 0.15) is 16.5 Å². The van der Waals surface area contributed by atoms with Gasteiger partial charge in [-0.15, -0.1) is 11.3 Å². The van der Waals surface area contributed by atoms with Gasteiger partial charge in [-0.25, -0.2) is 9.37 Å². The molecule has 0 saturated carbocycles. The van der Waals surface area contributed by atoms with Crippen LogP contribution in [0.25, 0.3) is 10.2 Å². The Morgan fingerprint density at radius 1 is 1.19 bits per heavy atom. The maximum Gasteiger partial charge on any atom is 0.225 e. The average Bonchev–Trinajstić information content (AvgIpc) is 2.98. The van der Waals surface area contributed by atoms with Crippen molar-refractivity contribution in [2.24, 2.45) is 0 Å². The third-order valence-corrected chi connectivity index (χ3v) is 4.05. The van der Waals surface area contributed by atoms with Gasteiger partial charge in [-0.3, -0.25) is 0 Å². The molecule has 0 aliphatic heterocycles. The summed E-state index contributed by atoms with van der Waals surface area (Å²) in [4.78, 5) is 12.0. The van der Waals surface area contributed by atoms with Gasteiger partial charge in [-0.1, -0.05) is 0 Å². The van der Waals surface area contributed by atoms with Crippen LogP contribution >= 0.6 is 11.3 Å². The van der Waals surface area contributed by atoms with Crippen LogP contribution in [0.4, 0.5) is 21.8 Å². The number of fused-ring (bicyclic) bond motifs is 1. The van der Waals surface area contributed by atoms with Crippen molar-refractivity contribution in [2.75, 3.05) is 23.8 Å². The summed E-state index contributed by atoms with van der Waals surface area (Å²) in [5.41, 5.74) is 0.909. The van der Waals surface area contributed by atoms with Crippen LogP contribution < -0.4 is 10.2 Å². The second-order valence-corrected chi connectivity index (χ2v) is 5.38. The molecule has 6 heteroatoms. The Morgan fingerprint density at radius 2 is 1.95 bits per heavy atom. The first-order valence-corrected chi connectivity index (χ1v) is 7.57. The van der Waals surface area contributed by atoms with Crippen LogP contribution in [0.1, 0.15) is 6.92 Å². The Morgan fingerprint density at radius 3 is 2.62 bits per heavy atom. The molecule has 0 atom stereocenters. The molecule has 0 aliphatic carbocycles. The maximum atomic E-state index is 13.1. The molecule has 3 aromatic rings. The number of aromatic nitrogens is 2. The molecule has 0 aliphatic rings. The smallest absolute Gasteiger partial charge is 0.225 e. The number of benzene rings is 1. The average molecular weight is 302 g/mol. The zero-order valence-corrected chi connectivity index (χ0v) is 12.6. The van der Waals surface area contributed by atoms with Gasteiger partial charge < -0.3 is 10.2 Å². The van der Waals surface area contributed by atoms with E-state index >= 15 is 0 Å². The van der Waals surface area contributed by atoms with E-state index < -0.39 is 0 Å². The van der Waals surface area contributed by atoms with Crippen molar-refractivity contribution in [1.82, 2.24) is 9.97 Å². The highest BCUT2D eigenvalue weighted by molar-refractivity contribution is 7.16. The molecule has 0 spiro atoms. The van der Waals surface area contributed by atoms with E-state index in [1.165, 1.54) is 12.1 Å². The SMILES string of the molecule is CCN(c1ccc(F)cc1)c1nc(NC)nc2sccc12. The highest BCUT2D eigenvalue weighted by Crippen LogP contribution is 2.33. The number of nitrogens with zero attached hydrogens (tertiary/aromatic N) is 3. The number of hydrogen-bond acceptors (Lipinski definition) is 5. The summed E-state index contributed by atoms with van der Waals surface area (Å²) in [5.74, 6) is 1.18. The topological polar surface area (TPSA) is 41.1 Å². The Kier molecular flexibility index (Phi) is 3.70. The zero-order chi connectivity index (χ0) is 14.8. The molecule has 0 unspecified atom stereocenters. The van der Waals surface area contributed by atoms with Gasteiger partial charge in [0, 0.05) is 19.3 Å². The monoisotopic (exact) mass is 302 g/mol. The quantitative estimate of drug-likeness (QED) is 0.790. The van der Waals surface area contributed by atoms with E-state index in [2.05, 4.69) is 20.2 Å². The summed E-state index contributed by atoms with van der Waals surface area (Å²) in [6.45, 7) is 2.78. The number of anilines is 3. The van der Waals surface area contributed by atoms with Gasteiger partial charge in [0.15, 0.2) is 0 Å². The first kappa shape index (κ1) is 13.8. The van der Waals surface area contributed by atoms with Crippen molar-refractivity contribution < 1.29 is 4.39 Å². The molecular formula is C15H15FN4S. The van der Waals surface area contributed by atoms with Gasteiger partial charge in [0.2, 0.25) is 5.95 Å². The van der Waals surface area contributed by atoms with E-state index in [4.69, 9.17) is 0 Å². The third kappa shape index (κ3) is 2.54. The molecule has 2 heterocycles. The largest absolute Gasteiger partial charge is 0.357 e. The van der Waals surface area contributed by atoms with E-state index in [0.717, 1.165) is 28.3 Å². The Labute approximate surface area is 126 Å². The lowest BCUT2D eigenvalue weighted by Crippen LogP contribution is -2.18.